The van der Waals surface area contributed by atoms with Crippen molar-refractivity contribution in [1.82, 2.24) is 0 Å². The number of thiophene rings is 1. The minimum Gasteiger partial charge on any atom is -0.381 e. The third-order valence-corrected chi connectivity index (χ3v) is 4.68. The molecule has 10 heteroatoms. The van der Waals surface area contributed by atoms with E-state index in [0.717, 1.165) is 11.3 Å². The highest BCUT2D eigenvalue weighted by Gasteiger charge is 2.31. The standard InChI is InChI=1S/C10H12ClNO6S2/c11-8-1-2-9(19-8)12(20(14,15)16)18-10(13)7-3-5-17-6-4-7/h1-2,7H,3-6H2,(H,14,15,16). The smallest absolute Gasteiger partial charge is 0.381 e. The third kappa shape index (κ3) is 3.83. The van der Waals surface area contributed by atoms with Crippen LogP contribution in [0.25, 0.3) is 0 Å². The second-order valence-corrected chi connectivity index (χ2v) is 7.00. The van der Waals surface area contributed by atoms with E-state index in [1.807, 2.05) is 0 Å². The van der Waals surface area contributed by atoms with E-state index in [2.05, 4.69) is 0 Å². The number of carbonyl (C=O) groups excluding carboxylic acids is 1. The lowest BCUT2D eigenvalue weighted by atomic mass is 10.0. The predicted molar refractivity (Wildman–Crippen MR) is 73.0 cm³/mol. The van der Waals surface area contributed by atoms with Crippen molar-refractivity contribution >= 4 is 44.2 Å². The van der Waals surface area contributed by atoms with Crippen molar-refractivity contribution in [3.05, 3.63) is 16.5 Å². The van der Waals surface area contributed by atoms with Crippen molar-refractivity contribution in [2.45, 2.75) is 12.8 Å². The molecule has 0 spiro atoms. The number of halogens is 1. The molecule has 0 aliphatic carbocycles. The molecule has 1 aromatic heterocycles. The van der Waals surface area contributed by atoms with Gasteiger partial charge >= 0.3 is 16.3 Å². The van der Waals surface area contributed by atoms with Crippen molar-refractivity contribution in [2.24, 2.45) is 5.92 Å². The van der Waals surface area contributed by atoms with E-state index in [1.54, 1.807) is 0 Å². The minimum absolute atomic E-state index is 0.00194. The molecular formula is C10H12ClNO6S2. The van der Waals surface area contributed by atoms with Gasteiger partial charge in [-0.25, -0.2) is 4.79 Å². The average Bonchev–Trinajstić information content (AvgIpc) is 2.81. The molecule has 2 rings (SSSR count). The lowest BCUT2D eigenvalue weighted by Crippen LogP contribution is -2.36. The van der Waals surface area contributed by atoms with Crippen LogP contribution in [-0.2, 0) is 24.7 Å². The highest BCUT2D eigenvalue weighted by Crippen LogP contribution is 2.32. The number of hydrogen-bond acceptors (Lipinski definition) is 6. The summed E-state index contributed by atoms with van der Waals surface area (Å²) in [6, 6.07) is 2.76. The molecule has 1 aliphatic heterocycles. The quantitative estimate of drug-likeness (QED) is 0.664. The fourth-order valence-electron chi connectivity index (χ4n) is 1.70. The topological polar surface area (TPSA) is 93.1 Å². The van der Waals surface area contributed by atoms with Gasteiger partial charge < -0.3 is 9.57 Å². The number of anilines is 1. The van der Waals surface area contributed by atoms with Gasteiger partial charge in [0.05, 0.1) is 10.3 Å². The lowest BCUT2D eigenvalue weighted by Gasteiger charge is -2.23. The molecule has 0 unspecified atom stereocenters. The molecule has 1 saturated heterocycles. The Labute approximate surface area is 124 Å². The van der Waals surface area contributed by atoms with Crippen LogP contribution in [0.1, 0.15) is 12.8 Å². The summed E-state index contributed by atoms with van der Waals surface area (Å²) in [5, 5.41) is -0.00194. The van der Waals surface area contributed by atoms with Crippen molar-refractivity contribution in [2.75, 3.05) is 17.7 Å². The van der Waals surface area contributed by atoms with E-state index in [9.17, 15) is 13.2 Å². The first-order valence-electron chi connectivity index (χ1n) is 5.70. The van der Waals surface area contributed by atoms with Gasteiger partial charge in [0.2, 0.25) is 0 Å². The van der Waals surface area contributed by atoms with E-state index >= 15 is 0 Å². The Morgan fingerprint density at radius 2 is 2.10 bits per heavy atom. The number of rotatable bonds is 4. The summed E-state index contributed by atoms with van der Waals surface area (Å²) in [6.45, 7) is 0.826. The Balaban J connectivity index is 2.14. The first-order valence-corrected chi connectivity index (χ1v) is 8.29. The predicted octanol–water partition coefficient (Wildman–Crippen LogP) is 1.90. The van der Waals surface area contributed by atoms with Gasteiger partial charge in [0, 0.05) is 13.2 Å². The summed E-state index contributed by atoms with van der Waals surface area (Å²) in [4.78, 5) is 16.7. The lowest BCUT2D eigenvalue weighted by molar-refractivity contribution is -0.151. The van der Waals surface area contributed by atoms with Crippen LogP contribution in [0.5, 0.6) is 0 Å². The monoisotopic (exact) mass is 341 g/mol. The zero-order chi connectivity index (χ0) is 14.8. The Morgan fingerprint density at radius 1 is 1.45 bits per heavy atom. The van der Waals surface area contributed by atoms with Gasteiger partial charge in [-0.05, 0) is 25.0 Å². The second-order valence-electron chi connectivity index (χ2n) is 4.08. The number of carbonyl (C=O) groups is 1. The van der Waals surface area contributed by atoms with Gasteiger partial charge in [-0.1, -0.05) is 16.1 Å². The summed E-state index contributed by atoms with van der Waals surface area (Å²) < 4.78 is 37.3. The highest BCUT2D eigenvalue weighted by molar-refractivity contribution is 7.87. The van der Waals surface area contributed by atoms with Crippen molar-refractivity contribution in [3.63, 3.8) is 0 Å². The second kappa shape index (κ2) is 6.27. The molecule has 1 N–H and O–H groups in total. The average molecular weight is 342 g/mol. The van der Waals surface area contributed by atoms with Crippen molar-refractivity contribution in [3.8, 4) is 0 Å². The number of ether oxygens (including phenoxy) is 1. The van der Waals surface area contributed by atoms with Gasteiger partial charge in [0.1, 0.15) is 5.00 Å². The highest BCUT2D eigenvalue weighted by atomic mass is 35.5. The van der Waals surface area contributed by atoms with Gasteiger partial charge in [-0.2, -0.15) is 8.42 Å². The Kier molecular flexibility index (Phi) is 4.86. The van der Waals surface area contributed by atoms with Crippen LogP contribution in [0, 0.1) is 5.92 Å². The van der Waals surface area contributed by atoms with E-state index in [-0.39, 0.29) is 9.47 Å². The molecule has 1 aliphatic rings. The van der Waals surface area contributed by atoms with Gasteiger partial charge in [-0.3, -0.25) is 4.55 Å². The SMILES string of the molecule is O=C(ON(c1ccc(Cl)s1)S(=O)(=O)O)C1CCOCC1. The molecular weight excluding hydrogens is 330 g/mol. The van der Waals surface area contributed by atoms with Crippen LogP contribution < -0.4 is 4.47 Å². The largest absolute Gasteiger partial charge is 0.392 e. The van der Waals surface area contributed by atoms with Crippen molar-refractivity contribution in [1.29, 1.82) is 0 Å². The molecule has 2 heterocycles. The summed E-state index contributed by atoms with van der Waals surface area (Å²) in [5.41, 5.74) is 0. The van der Waals surface area contributed by atoms with Gasteiger partial charge in [-0.15, -0.1) is 11.3 Å². The maximum Gasteiger partial charge on any atom is 0.392 e. The molecule has 0 atom stereocenters. The zero-order valence-electron chi connectivity index (χ0n) is 10.2. The minimum atomic E-state index is -4.73. The van der Waals surface area contributed by atoms with Crippen LogP contribution in [-0.4, -0.2) is 32.2 Å². The van der Waals surface area contributed by atoms with Gasteiger partial charge in [0.25, 0.3) is 0 Å². The number of nitrogens with zero attached hydrogens (tertiary/aromatic N) is 1. The molecule has 0 amide bonds. The molecule has 0 aromatic carbocycles. The maximum atomic E-state index is 11.9. The Bertz CT molecular complexity index is 580. The molecule has 1 fully saturated rings. The summed E-state index contributed by atoms with van der Waals surface area (Å²) >= 11 is 6.56. The summed E-state index contributed by atoms with van der Waals surface area (Å²) in [7, 11) is -4.73. The Hall–Kier alpha value is -0.870. The van der Waals surface area contributed by atoms with Crippen LogP contribution in [0.2, 0.25) is 4.34 Å². The van der Waals surface area contributed by atoms with E-state index in [4.69, 9.17) is 25.7 Å². The van der Waals surface area contributed by atoms with Gasteiger partial charge in [0.15, 0.2) is 0 Å². The van der Waals surface area contributed by atoms with E-state index in [0.29, 0.717) is 30.4 Å². The molecule has 0 radical (unpaired) electrons. The van der Waals surface area contributed by atoms with E-state index < -0.39 is 22.2 Å². The fraction of sp³-hybridized carbons (Fsp3) is 0.500. The first-order chi connectivity index (χ1) is 9.38. The summed E-state index contributed by atoms with van der Waals surface area (Å²) in [6.07, 6.45) is 0.896. The van der Waals surface area contributed by atoms with Crippen LogP contribution in [0.15, 0.2) is 12.1 Å². The molecule has 20 heavy (non-hydrogen) atoms. The third-order valence-electron chi connectivity index (χ3n) is 2.68. The molecule has 7 nitrogen and oxygen atoms in total. The van der Waals surface area contributed by atoms with Crippen molar-refractivity contribution < 1.29 is 27.3 Å². The number of hydrogen-bond donors (Lipinski definition) is 1. The maximum absolute atomic E-state index is 11.9. The Morgan fingerprint density at radius 3 is 2.60 bits per heavy atom. The molecule has 112 valence electrons. The molecule has 0 saturated carbocycles. The van der Waals surface area contributed by atoms with E-state index in [1.165, 1.54) is 12.1 Å². The van der Waals surface area contributed by atoms with Crippen LogP contribution in [0.3, 0.4) is 0 Å². The summed E-state index contributed by atoms with van der Waals surface area (Å²) in [5.74, 6) is -1.18. The molecule has 0 bridgehead atoms. The van der Waals surface area contributed by atoms with Crippen LogP contribution >= 0.6 is 22.9 Å². The first kappa shape index (κ1) is 15.5. The normalized spacial score (nSPS) is 16.9. The zero-order valence-corrected chi connectivity index (χ0v) is 12.6. The van der Waals surface area contributed by atoms with Crippen LogP contribution in [0.4, 0.5) is 5.00 Å². The fourth-order valence-corrected chi connectivity index (χ4v) is 3.43. The molecule has 1 aromatic rings.